The Hall–Kier alpha value is -2.47. The van der Waals surface area contributed by atoms with Gasteiger partial charge in [0.15, 0.2) is 0 Å². The van der Waals surface area contributed by atoms with Gasteiger partial charge in [-0.25, -0.2) is 9.78 Å². The van der Waals surface area contributed by atoms with Crippen molar-refractivity contribution in [2.45, 2.75) is 52.2 Å². The largest absolute Gasteiger partial charge is 0.459 e. The summed E-state index contributed by atoms with van der Waals surface area (Å²) >= 11 is 1.62. The standard InChI is InChI=1S/C22H24N2O3S/c1-3-17(22(26)27-12-15-7-5-4-6-8-15)24-13-23-20-19(21(24)25)16-10-9-14(2)11-18(16)28-20/h4-8,13-14,17H,3,9-12H2,1-2H3/t14-,17+/m1/s1. The van der Waals surface area contributed by atoms with Gasteiger partial charge in [-0.3, -0.25) is 9.36 Å². The first-order valence-corrected chi connectivity index (χ1v) is 10.6. The lowest BCUT2D eigenvalue weighted by Crippen LogP contribution is -2.31. The highest BCUT2D eigenvalue weighted by Crippen LogP contribution is 2.35. The first-order chi connectivity index (χ1) is 13.6. The Labute approximate surface area is 168 Å². The van der Waals surface area contributed by atoms with Crippen LogP contribution in [-0.2, 0) is 29.0 Å². The third kappa shape index (κ3) is 3.49. The topological polar surface area (TPSA) is 61.2 Å². The Balaban J connectivity index is 1.64. The minimum absolute atomic E-state index is 0.124. The summed E-state index contributed by atoms with van der Waals surface area (Å²) in [6, 6.07) is 8.89. The predicted octanol–water partition coefficient (Wildman–Crippen LogP) is 4.28. The quantitative estimate of drug-likeness (QED) is 0.604. The molecule has 0 aliphatic heterocycles. The molecule has 1 aromatic carbocycles. The Kier molecular flexibility index (Phi) is 5.31. The molecule has 146 valence electrons. The summed E-state index contributed by atoms with van der Waals surface area (Å²) in [5.41, 5.74) is 1.94. The molecule has 2 aromatic heterocycles. The van der Waals surface area contributed by atoms with E-state index in [1.807, 2.05) is 37.3 Å². The molecule has 5 nitrogen and oxygen atoms in total. The summed E-state index contributed by atoms with van der Waals surface area (Å²) in [4.78, 5) is 32.5. The molecule has 0 spiro atoms. The molecule has 0 fully saturated rings. The zero-order valence-electron chi connectivity index (χ0n) is 16.2. The Morgan fingerprint density at radius 1 is 1.36 bits per heavy atom. The van der Waals surface area contributed by atoms with E-state index >= 15 is 0 Å². The van der Waals surface area contributed by atoms with Crippen molar-refractivity contribution in [2.75, 3.05) is 0 Å². The number of esters is 1. The average Bonchev–Trinajstić information content (AvgIpc) is 3.07. The molecule has 0 saturated heterocycles. The van der Waals surface area contributed by atoms with Gasteiger partial charge in [-0.1, -0.05) is 44.2 Å². The molecule has 0 saturated carbocycles. The SMILES string of the molecule is CC[C@@H](C(=O)OCc1ccccc1)n1cnc2sc3c(c2c1=O)CC[C@@H](C)C3. The first kappa shape index (κ1) is 18.9. The number of carbonyl (C=O) groups is 1. The van der Waals surface area contributed by atoms with Crippen LogP contribution in [0.1, 0.15) is 48.7 Å². The van der Waals surface area contributed by atoms with Crippen LogP contribution in [0.3, 0.4) is 0 Å². The molecule has 1 aliphatic rings. The third-order valence-corrected chi connectivity index (χ3v) is 6.62. The van der Waals surface area contributed by atoms with E-state index in [9.17, 15) is 9.59 Å². The van der Waals surface area contributed by atoms with Crippen molar-refractivity contribution in [2.24, 2.45) is 5.92 Å². The van der Waals surface area contributed by atoms with Gasteiger partial charge in [-0.05, 0) is 42.7 Å². The predicted molar refractivity (Wildman–Crippen MR) is 111 cm³/mol. The lowest BCUT2D eigenvalue weighted by Gasteiger charge is -2.18. The molecule has 0 amide bonds. The summed E-state index contributed by atoms with van der Waals surface area (Å²) < 4.78 is 6.95. The van der Waals surface area contributed by atoms with Gasteiger partial charge in [0.1, 0.15) is 17.5 Å². The van der Waals surface area contributed by atoms with Crippen molar-refractivity contribution in [3.8, 4) is 0 Å². The molecular formula is C22H24N2O3S. The van der Waals surface area contributed by atoms with Crippen molar-refractivity contribution in [1.29, 1.82) is 0 Å². The van der Waals surface area contributed by atoms with E-state index in [0.29, 0.717) is 17.7 Å². The number of thiophene rings is 1. The maximum absolute atomic E-state index is 13.2. The molecule has 1 aliphatic carbocycles. The molecule has 0 unspecified atom stereocenters. The van der Waals surface area contributed by atoms with Gasteiger partial charge in [0, 0.05) is 4.88 Å². The van der Waals surface area contributed by atoms with Gasteiger partial charge in [-0.15, -0.1) is 11.3 Å². The second-order valence-electron chi connectivity index (χ2n) is 7.51. The maximum atomic E-state index is 13.2. The fraction of sp³-hybridized carbons (Fsp3) is 0.409. The third-order valence-electron chi connectivity index (χ3n) is 5.46. The molecule has 0 bridgehead atoms. The molecule has 3 aromatic rings. The van der Waals surface area contributed by atoms with Crippen molar-refractivity contribution in [3.05, 3.63) is 63.0 Å². The Morgan fingerprint density at radius 3 is 2.89 bits per heavy atom. The minimum Gasteiger partial charge on any atom is -0.459 e. The fourth-order valence-electron chi connectivity index (χ4n) is 3.87. The molecular weight excluding hydrogens is 372 g/mol. The second-order valence-corrected chi connectivity index (χ2v) is 8.59. The zero-order valence-corrected chi connectivity index (χ0v) is 17.0. The second kappa shape index (κ2) is 7.87. The first-order valence-electron chi connectivity index (χ1n) is 9.80. The number of hydrogen-bond acceptors (Lipinski definition) is 5. The molecule has 0 N–H and O–H groups in total. The van der Waals surface area contributed by atoms with Crippen LogP contribution in [-0.4, -0.2) is 15.5 Å². The monoisotopic (exact) mass is 396 g/mol. The summed E-state index contributed by atoms with van der Waals surface area (Å²) in [6.45, 7) is 4.33. The van der Waals surface area contributed by atoms with Gasteiger partial charge in [-0.2, -0.15) is 0 Å². The molecule has 2 heterocycles. The van der Waals surface area contributed by atoms with E-state index in [0.717, 1.165) is 35.2 Å². The van der Waals surface area contributed by atoms with Gasteiger partial charge in [0.2, 0.25) is 0 Å². The van der Waals surface area contributed by atoms with Crippen LogP contribution in [0.4, 0.5) is 0 Å². The van der Waals surface area contributed by atoms with Crippen LogP contribution in [0.15, 0.2) is 41.5 Å². The van der Waals surface area contributed by atoms with Crippen LogP contribution in [0, 0.1) is 5.92 Å². The molecule has 4 rings (SSSR count). The number of benzene rings is 1. The van der Waals surface area contributed by atoms with E-state index in [1.54, 1.807) is 11.3 Å². The Morgan fingerprint density at radius 2 is 2.14 bits per heavy atom. The summed E-state index contributed by atoms with van der Waals surface area (Å²) in [5, 5.41) is 0.698. The molecule has 2 atom stereocenters. The van der Waals surface area contributed by atoms with Crippen LogP contribution in [0.5, 0.6) is 0 Å². The van der Waals surface area contributed by atoms with Gasteiger partial charge < -0.3 is 4.74 Å². The summed E-state index contributed by atoms with van der Waals surface area (Å²) in [6.07, 6.45) is 4.99. The number of carbonyl (C=O) groups excluding carboxylic acids is 1. The number of hydrogen-bond donors (Lipinski definition) is 0. The highest BCUT2D eigenvalue weighted by atomic mass is 32.1. The van der Waals surface area contributed by atoms with Crippen LogP contribution in [0.2, 0.25) is 0 Å². The lowest BCUT2D eigenvalue weighted by molar-refractivity contribution is -0.149. The minimum atomic E-state index is -0.661. The number of aryl methyl sites for hydroxylation is 1. The smallest absolute Gasteiger partial charge is 0.329 e. The average molecular weight is 397 g/mol. The van der Waals surface area contributed by atoms with E-state index in [2.05, 4.69) is 11.9 Å². The summed E-state index contributed by atoms with van der Waals surface area (Å²) in [5.74, 6) is 0.242. The van der Waals surface area contributed by atoms with E-state index in [1.165, 1.54) is 15.8 Å². The van der Waals surface area contributed by atoms with E-state index in [4.69, 9.17) is 4.74 Å². The van der Waals surface area contributed by atoms with Crippen LogP contribution >= 0.6 is 11.3 Å². The van der Waals surface area contributed by atoms with Gasteiger partial charge >= 0.3 is 5.97 Å². The fourth-order valence-corrected chi connectivity index (χ4v) is 5.21. The van der Waals surface area contributed by atoms with Crippen molar-refractivity contribution in [3.63, 3.8) is 0 Å². The van der Waals surface area contributed by atoms with Gasteiger partial charge in [0.25, 0.3) is 5.56 Å². The summed E-state index contributed by atoms with van der Waals surface area (Å²) in [7, 11) is 0. The molecule has 0 radical (unpaired) electrons. The zero-order chi connectivity index (χ0) is 19.7. The molecule has 6 heteroatoms. The number of nitrogens with zero attached hydrogens (tertiary/aromatic N) is 2. The maximum Gasteiger partial charge on any atom is 0.329 e. The number of rotatable bonds is 5. The normalized spacial score (nSPS) is 17.3. The van der Waals surface area contributed by atoms with Crippen LogP contribution < -0.4 is 5.56 Å². The van der Waals surface area contributed by atoms with Crippen LogP contribution in [0.25, 0.3) is 10.2 Å². The number of ether oxygens (including phenoxy) is 1. The van der Waals surface area contributed by atoms with E-state index < -0.39 is 12.0 Å². The van der Waals surface area contributed by atoms with Crippen molar-refractivity contribution >= 4 is 27.5 Å². The Bertz CT molecular complexity index is 1050. The highest BCUT2D eigenvalue weighted by molar-refractivity contribution is 7.18. The van der Waals surface area contributed by atoms with Gasteiger partial charge in [0.05, 0.1) is 11.7 Å². The molecule has 28 heavy (non-hydrogen) atoms. The number of aromatic nitrogens is 2. The highest BCUT2D eigenvalue weighted by Gasteiger charge is 2.27. The van der Waals surface area contributed by atoms with Crippen molar-refractivity contribution < 1.29 is 9.53 Å². The number of fused-ring (bicyclic) bond motifs is 3. The van der Waals surface area contributed by atoms with Crippen molar-refractivity contribution in [1.82, 2.24) is 9.55 Å². The lowest BCUT2D eigenvalue weighted by atomic mass is 9.89. The van der Waals surface area contributed by atoms with E-state index in [-0.39, 0.29) is 12.2 Å².